The molecule has 0 amide bonds. The molecule has 0 aliphatic carbocycles. The molecule has 0 spiro atoms. The summed E-state index contributed by atoms with van der Waals surface area (Å²) in [5, 5.41) is 8.82. The zero-order valence-corrected chi connectivity index (χ0v) is 11.0. The molecule has 5 nitrogen and oxygen atoms in total. The molecule has 5 heteroatoms. The lowest BCUT2D eigenvalue weighted by Gasteiger charge is -2.37. The van der Waals surface area contributed by atoms with Gasteiger partial charge in [-0.05, 0) is 18.6 Å². The number of carboxylic acid groups (broad SMARTS) is 1. The second kappa shape index (κ2) is 6.43. The molecule has 0 aromatic heterocycles. The lowest BCUT2D eigenvalue weighted by atomic mass is 10.1. The largest absolute Gasteiger partial charge is 0.495 e. The maximum atomic E-state index is 10.7. The van der Waals surface area contributed by atoms with E-state index in [1.54, 1.807) is 7.11 Å². The van der Waals surface area contributed by atoms with Crippen molar-refractivity contribution in [3.05, 3.63) is 24.3 Å². The first-order chi connectivity index (χ1) is 9.22. The van der Waals surface area contributed by atoms with Gasteiger partial charge in [-0.2, -0.15) is 0 Å². The highest BCUT2D eigenvalue weighted by atomic mass is 16.5. The Bertz CT molecular complexity index is 435. The van der Waals surface area contributed by atoms with Gasteiger partial charge in [0.1, 0.15) is 5.75 Å². The van der Waals surface area contributed by atoms with Crippen LogP contribution in [0.4, 0.5) is 5.69 Å². The maximum Gasteiger partial charge on any atom is 0.303 e. The van der Waals surface area contributed by atoms with E-state index in [0.717, 1.165) is 18.0 Å². The van der Waals surface area contributed by atoms with Crippen molar-refractivity contribution in [3.8, 4) is 5.75 Å². The first-order valence-electron chi connectivity index (χ1n) is 6.41. The van der Waals surface area contributed by atoms with Gasteiger partial charge in [-0.3, -0.25) is 4.79 Å². The van der Waals surface area contributed by atoms with Crippen LogP contribution in [-0.4, -0.2) is 44.0 Å². The second-order valence-corrected chi connectivity index (χ2v) is 4.53. The number of morpholine rings is 1. The van der Waals surface area contributed by atoms with Gasteiger partial charge in [0.15, 0.2) is 0 Å². The average molecular weight is 265 g/mol. The summed E-state index contributed by atoms with van der Waals surface area (Å²) in [7, 11) is 1.64. The number of ether oxygens (including phenoxy) is 2. The third-order valence-corrected chi connectivity index (χ3v) is 3.31. The predicted molar refractivity (Wildman–Crippen MR) is 71.8 cm³/mol. The molecule has 1 unspecified atom stereocenters. The summed E-state index contributed by atoms with van der Waals surface area (Å²) in [5.41, 5.74) is 1.00. The summed E-state index contributed by atoms with van der Waals surface area (Å²) in [4.78, 5) is 12.9. The highest BCUT2D eigenvalue weighted by Gasteiger charge is 2.25. The monoisotopic (exact) mass is 265 g/mol. The molecule has 1 aromatic rings. The maximum absolute atomic E-state index is 10.7. The molecule has 19 heavy (non-hydrogen) atoms. The number of benzene rings is 1. The van der Waals surface area contributed by atoms with Crippen molar-refractivity contribution in [2.75, 3.05) is 31.8 Å². The number of rotatable bonds is 5. The number of methoxy groups -OCH3 is 1. The number of aliphatic carboxylic acids is 1. The fraction of sp³-hybridized carbons (Fsp3) is 0.500. The van der Waals surface area contributed by atoms with Gasteiger partial charge in [0.2, 0.25) is 0 Å². The smallest absolute Gasteiger partial charge is 0.303 e. The Kier molecular flexibility index (Phi) is 4.63. The Labute approximate surface area is 112 Å². The van der Waals surface area contributed by atoms with E-state index in [0.29, 0.717) is 19.6 Å². The van der Waals surface area contributed by atoms with E-state index in [1.807, 2.05) is 24.3 Å². The van der Waals surface area contributed by atoms with Gasteiger partial charge in [0.05, 0.1) is 32.1 Å². The SMILES string of the molecule is COc1ccccc1N1CCOCC1CCC(=O)O. The number of para-hydroxylation sites is 2. The molecule has 1 aliphatic heterocycles. The van der Waals surface area contributed by atoms with Crippen LogP contribution in [0.25, 0.3) is 0 Å². The quantitative estimate of drug-likeness (QED) is 0.879. The van der Waals surface area contributed by atoms with Crippen LogP contribution in [0.1, 0.15) is 12.8 Å². The molecular weight excluding hydrogens is 246 g/mol. The fourth-order valence-corrected chi connectivity index (χ4v) is 2.37. The van der Waals surface area contributed by atoms with Crippen molar-refractivity contribution in [1.29, 1.82) is 0 Å². The number of hydrogen-bond acceptors (Lipinski definition) is 4. The average Bonchev–Trinajstić information content (AvgIpc) is 2.45. The van der Waals surface area contributed by atoms with Crippen LogP contribution in [0.3, 0.4) is 0 Å². The van der Waals surface area contributed by atoms with Crippen LogP contribution < -0.4 is 9.64 Å². The molecule has 1 aliphatic rings. The van der Waals surface area contributed by atoms with E-state index in [2.05, 4.69) is 4.90 Å². The summed E-state index contributed by atoms with van der Waals surface area (Å²) in [6.07, 6.45) is 0.729. The summed E-state index contributed by atoms with van der Waals surface area (Å²) >= 11 is 0. The summed E-state index contributed by atoms with van der Waals surface area (Å²) < 4.78 is 10.8. The Hall–Kier alpha value is -1.75. The number of carbonyl (C=O) groups is 1. The molecule has 104 valence electrons. The van der Waals surface area contributed by atoms with E-state index in [4.69, 9.17) is 14.6 Å². The third kappa shape index (κ3) is 3.38. The van der Waals surface area contributed by atoms with Crippen LogP contribution in [-0.2, 0) is 9.53 Å². The number of nitrogens with zero attached hydrogens (tertiary/aromatic N) is 1. The van der Waals surface area contributed by atoms with E-state index in [9.17, 15) is 4.79 Å². The zero-order valence-electron chi connectivity index (χ0n) is 11.0. The normalized spacial score (nSPS) is 19.2. The molecule has 1 atom stereocenters. The van der Waals surface area contributed by atoms with Crippen LogP contribution >= 0.6 is 0 Å². The molecule has 0 radical (unpaired) electrons. The number of hydrogen-bond donors (Lipinski definition) is 1. The Morgan fingerprint density at radius 2 is 2.32 bits per heavy atom. The lowest BCUT2D eigenvalue weighted by molar-refractivity contribution is -0.137. The molecule has 1 fully saturated rings. The van der Waals surface area contributed by atoms with E-state index in [-0.39, 0.29) is 12.5 Å². The van der Waals surface area contributed by atoms with Gasteiger partial charge in [-0.25, -0.2) is 0 Å². The zero-order chi connectivity index (χ0) is 13.7. The summed E-state index contributed by atoms with van der Waals surface area (Å²) in [5.74, 6) is 0.0373. The fourth-order valence-electron chi connectivity index (χ4n) is 2.37. The molecular formula is C14H19NO4. The molecule has 1 saturated heterocycles. The van der Waals surface area contributed by atoms with Crippen molar-refractivity contribution >= 4 is 11.7 Å². The van der Waals surface area contributed by atoms with Crippen molar-refractivity contribution in [2.24, 2.45) is 0 Å². The van der Waals surface area contributed by atoms with Gasteiger partial charge in [0.25, 0.3) is 0 Å². The summed E-state index contributed by atoms with van der Waals surface area (Å²) in [6.45, 7) is 1.97. The highest BCUT2D eigenvalue weighted by molar-refractivity contribution is 5.67. The van der Waals surface area contributed by atoms with E-state index in [1.165, 1.54) is 0 Å². The number of anilines is 1. The van der Waals surface area contributed by atoms with Crippen LogP contribution in [0.2, 0.25) is 0 Å². The van der Waals surface area contributed by atoms with Crippen LogP contribution in [0, 0.1) is 0 Å². The molecule has 1 aromatic carbocycles. The van der Waals surface area contributed by atoms with Crippen LogP contribution in [0.5, 0.6) is 5.75 Å². The Balaban J connectivity index is 2.16. The number of carboxylic acids is 1. The minimum Gasteiger partial charge on any atom is -0.495 e. The first kappa shape index (κ1) is 13.7. The van der Waals surface area contributed by atoms with Gasteiger partial charge in [-0.1, -0.05) is 12.1 Å². The van der Waals surface area contributed by atoms with Crippen molar-refractivity contribution in [1.82, 2.24) is 0 Å². The first-order valence-corrected chi connectivity index (χ1v) is 6.41. The molecule has 0 bridgehead atoms. The van der Waals surface area contributed by atoms with Gasteiger partial charge in [-0.15, -0.1) is 0 Å². The summed E-state index contributed by atoms with van der Waals surface area (Å²) in [6, 6.07) is 7.88. The van der Waals surface area contributed by atoms with Gasteiger partial charge < -0.3 is 19.5 Å². The molecule has 1 heterocycles. The second-order valence-electron chi connectivity index (χ2n) is 4.53. The predicted octanol–water partition coefficient (Wildman–Crippen LogP) is 1.77. The topological polar surface area (TPSA) is 59.0 Å². The van der Waals surface area contributed by atoms with Crippen molar-refractivity contribution < 1.29 is 19.4 Å². The minimum atomic E-state index is -0.773. The highest BCUT2D eigenvalue weighted by Crippen LogP contribution is 2.31. The van der Waals surface area contributed by atoms with Gasteiger partial charge >= 0.3 is 5.97 Å². The molecule has 1 N–H and O–H groups in total. The van der Waals surface area contributed by atoms with E-state index >= 15 is 0 Å². The van der Waals surface area contributed by atoms with Crippen LogP contribution in [0.15, 0.2) is 24.3 Å². The van der Waals surface area contributed by atoms with Crippen molar-refractivity contribution in [3.63, 3.8) is 0 Å². The Morgan fingerprint density at radius 1 is 1.53 bits per heavy atom. The third-order valence-electron chi connectivity index (χ3n) is 3.31. The minimum absolute atomic E-state index is 0.0844. The molecule has 2 rings (SSSR count). The lowest BCUT2D eigenvalue weighted by Crippen LogP contribution is -2.46. The van der Waals surface area contributed by atoms with E-state index < -0.39 is 5.97 Å². The standard InChI is InChI=1S/C14H19NO4/c1-18-13-5-3-2-4-12(13)15-8-9-19-10-11(15)6-7-14(16)17/h2-5,11H,6-10H2,1H3,(H,16,17). The Morgan fingerprint density at radius 3 is 3.05 bits per heavy atom. The van der Waals surface area contributed by atoms with Gasteiger partial charge in [0, 0.05) is 13.0 Å². The molecule has 0 saturated carbocycles. The van der Waals surface area contributed by atoms with Crippen molar-refractivity contribution in [2.45, 2.75) is 18.9 Å².